The summed E-state index contributed by atoms with van der Waals surface area (Å²) in [5.74, 6) is 0.401. The van der Waals surface area contributed by atoms with E-state index in [1.807, 2.05) is 0 Å². The third-order valence-corrected chi connectivity index (χ3v) is 5.00. The Morgan fingerprint density at radius 1 is 1.36 bits per heavy atom. The highest BCUT2D eigenvalue weighted by Gasteiger charge is 2.57. The van der Waals surface area contributed by atoms with Gasteiger partial charge in [-0.15, -0.1) is 5.10 Å². The molecule has 10 nitrogen and oxygen atoms in total. The highest BCUT2D eigenvalue weighted by atomic mass is 16.6. The van der Waals surface area contributed by atoms with Gasteiger partial charge in [0.15, 0.2) is 11.7 Å². The predicted octanol–water partition coefficient (Wildman–Crippen LogP) is 1.36. The van der Waals surface area contributed by atoms with E-state index in [9.17, 15) is 20.0 Å². The number of rotatable bonds is 5. The Morgan fingerprint density at radius 3 is 2.68 bits per heavy atom. The fourth-order valence-corrected chi connectivity index (χ4v) is 3.17. The Labute approximate surface area is 160 Å². The van der Waals surface area contributed by atoms with Gasteiger partial charge in [-0.05, 0) is 19.9 Å². The Hall–Kier alpha value is -2.98. The summed E-state index contributed by atoms with van der Waals surface area (Å²) in [6.07, 6.45) is -1.07. The molecule has 3 unspecified atom stereocenters. The molecule has 0 amide bonds. The van der Waals surface area contributed by atoms with Gasteiger partial charge in [0.1, 0.15) is 11.4 Å². The summed E-state index contributed by atoms with van der Waals surface area (Å²) in [6.45, 7) is 3.20. The molecule has 1 aliphatic rings. The molecule has 1 N–H and O–H groups in total. The average Bonchev–Trinajstić information content (AvgIpc) is 2.62. The summed E-state index contributed by atoms with van der Waals surface area (Å²) >= 11 is 0. The zero-order valence-electron chi connectivity index (χ0n) is 15.9. The van der Waals surface area contributed by atoms with E-state index in [-0.39, 0.29) is 23.7 Å². The topological polar surface area (TPSA) is 126 Å². The lowest BCUT2D eigenvalue weighted by Gasteiger charge is -2.49. The largest absolute Gasteiger partial charge is 0.482 e. The molecule has 28 heavy (non-hydrogen) atoms. The van der Waals surface area contributed by atoms with Gasteiger partial charge in [0.05, 0.1) is 11.5 Å². The Morgan fingerprint density at radius 2 is 2.07 bits per heavy atom. The molecule has 1 aromatic carbocycles. The van der Waals surface area contributed by atoms with Crippen molar-refractivity contribution in [1.82, 2.24) is 9.78 Å². The van der Waals surface area contributed by atoms with Crippen LogP contribution in [0.15, 0.2) is 35.1 Å². The number of benzene rings is 1. The van der Waals surface area contributed by atoms with E-state index >= 15 is 0 Å². The van der Waals surface area contributed by atoms with E-state index in [4.69, 9.17) is 14.2 Å². The van der Waals surface area contributed by atoms with Crippen molar-refractivity contribution >= 4 is 5.69 Å². The smallest absolute Gasteiger partial charge is 0.270 e. The Kier molecular flexibility index (Phi) is 4.86. The molecule has 0 fully saturated rings. The van der Waals surface area contributed by atoms with Gasteiger partial charge in [-0.1, -0.05) is 0 Å². The lowest BCUT2D eigenvalue weighted by Crippen LogP contribution is -2.63. The maximum absolute atomic E-state index is 11.6. The molecule has 150 valence electrons. The monoisotopic (exact) mass is 391 g/mol. The number of methoxy groups -OCH3 is 1. The third-order valence-electron chi connectivity index (χ3n) is 5.00. The van der Waals surface area contributed by atoms with Gasteiger partial charge < -0.3 is 19.3 Å². The van der Waals surface area contributed by atoms with Gasteiger partial charge in [-0.25, -0.2) is 4.68 Å². The molecule has 0 aliphatic carbocycles. The van der Waals surface area contributed by atoms with Gasteiger partial charge in [0, 0.05) is 44.0 Å². The molecule has 2 aromatic rings. The Balaban J connectivity index is 2.15. The van der Waals surface area contributed by atoms with Crippen LogP contribution in [0.2, 0.25) is 0 Å². The first-order valence-electron chi connectivity index (χ1n) is 8.49. The highest BCUT2D eigenvalue weighted by Crippen LogP contribution is 2.49. The zero-order valence-corrected chi connectivity index (χ0v) is 15.9. The van der Waals surface area contributed by atoms with Crippen LogP contribution >= 0.6 is 0 Å². The van der Waals surface area contributed by atoms with Crippen LogP contribution in [0.4, 0.5) is 5.69 Å². The molecule has 10 heteroatoms. The van der Waals surface area contributed by atoms with Crippen LogP contribution in [-0.4, -0.2) is 44.7 Å². The van der Waals surface area contributed by atoms with E-state index in [0.717, 1.165) is 4.68 Å². The Bertz CT molecular complexity index is 972. The molecular formula is C18H21N3O7. The first-order chi connectivity index (χ1) is 13.1. The summed E-state index contributed by atoms with van der Waals surface area (Å²) in [5, 5.41) is 26.6. The molecule has 0 spiro atoms. The average molecular weight is 391 g/mol. The summed E-state index contributed by atoms with van der Waals surface area (Å²) in [7, 11) is 2.94. The predicted molar refractivity (Wildman–Crippen MR) is 97.5 cm³/mol. The summed E-state index contributed by atoms with van der Waals surface area (Å²) < 4.78 is 18.2. The van der Waals surface area contributed by atoms with Crippen molar-refractivity contribution in [3.63, 3.8) is 0 Å². The molecule has 1 aromatic heterocycles. The number of nitro groups is 1. The standard InChI is InChI=1S/C18H21N3O7/c1-17(10-26-4)18(2,23)16(27-14-7-8-15(22)20(3)19-14)12-9-11(21(24)25)5-6-13(12)28-17/h5-9,16,23H,10H2,1-4H3. The van der Waals surface area contributed by atoms with Crippen LogP contribution in [0.5, 0.6) is 11.6 Å². The third kappa shape index (κ3) is 3.20. The number of aryl methyl sites for hydroxylation is 1. The second-order valence-corrected chi connectivity index (χ2v) is 7.02. The molecule has 0 radical (unpaired) electrons. The SMILES string of the molecule is COCC1(C)Oc2ccc([N+](=O)[O-])cc2C(Oc2ccc(=O)n(C)n2)C1(C)O. The maximum atomic E-state index is 11.6. The maximum Gasteiger partial charge on any atom is 0.270 e. The van der Waals surface area contributed by atoms with Gasteiger partial charge in [-0.2, -0.15) is 0 Å². The van der Waals surface area contributed by atoms with Crippen molar-refractivity contribution < 1.29 is 24.2 Å². The summed E-state index contributed by atoms with van der Waals surface area (Å²) in [6, 6.07) is 6.72. The fourth-order valence-electron chi connectivity index (χ4n) is 3.17. The van der Waals surface area contributed by atoms with Crippen LogP contribution in [-0.2, 0) is 11.8 Å². The molecular weight excluding hydrogens is 370 g/mol. The van der Waals surface area contributed by atoms with Crippen LogP contribution in [0, 0.1) is 10.1 Å². The second-order valence-electron chi connectivity index (χ2n) is 7.02. The van der Waals surface area contributed by atoms with E-state index in [2.05, 4.69) is 5.10 Å². The van der Waals surface area contributed by atoms with E-state index < -0.39 is 22.2 Å². The first-order valence-corrected chi connectivity index (χ1v) is 8.49. The second kappa shape index (κ2) is 6.88. The van der Waals surface area contributed by atoms with Crippen LogP contribution < -0.4 is 15.0 Å². The van der Waals surface area contributed by atoms with Gasteiger partial charge >= 0.3 is 0 Å². The molecule has 0 bridgehead atoms. The number of hydrogen-bond acceptors (Lipinski definition) is 8. The van der Waals surface area contributed by atoms with Crippen molar-refractivity contribution in [2.45, 2.75) is 31.2 Å². The van der Waals surface area contributed by atoms with E-state index in [0.29, 0.717) is 11.3 Å². The molecule has 1 aliphatic heterocycles. The minimum Gasteiger partial charge on any atom is -0.482 e. The molecule has 0 saturated carbocycles. The number of aromatic nitrogens is 2. The van der Waals surface area contributed by atoms with Crippen molar-refractivity contribution in [2.24, 2.45) is 7.05 Å². The lowest BCUT2D eigenvalue weighted by molar-refractivity contribution is -0.385. The zero-order chi connectivity index (χ0) is 20.7. The van der Waals surface area contributed by atoms with E-state index in [1.54, 1.807) is 6.92 Å². The van der Waals surface area contributed by atoms with Crippen molar-refractivity contribution in [3.8, 4) is 11.6 Å². The lowest BCUT2D eigenvalue weighted by atomic mass is 9.76. The highest BCUT2D eigenvalue weighted by molar-refractivity contribution is 5.49. The summed E-state index contributed by atoms with van der Waals surface area (Å²) in [4.78, 5) is 22.3. The van der Waals surface area contributed by atoms with Gasteiger partial charge in [0.2, 0.25) is 5.88 Å². The number of nitro benzene ring substituents is 1. The van der Waals surface area contributed by atoms with Crippen molar-refractivity contribution in [2.75, 3.05) is 13.7 Å². The number of non-ortho nitro benzene ring substituents is 1. The summed E-state index contributed by atoms with van der Waals surface area (Å²) in [5.41, 5.74) is -3.07. The number of aliphatic hydroxyl groups is 1. The molecule has 2 heterocycles. The number of ether oxygens (including phenoxy) is 3. The number of hydrogen-bond donors (Lipinski definition) is 1. The fraction of sp³-hybridized carbons (Fsp3) is 0.444. The van der Waals surface area contributed by atoms with Crippen LogP contribution in [0.3, 0.4) is 0 Å². The van der Waals surface area contributed by atoms with Gasteiger partial charge in [-0.3, -0.25) is 14.9 Å². The van der Waals surface area contributed by atoms with Crippen LogP contribution in [0.1, 0.15) is 25.5 Å². The van der Waals surface area contributed by atoms with Crippen molar-refractivity contribution in [3.05, 3.63) is 56.4 Å². The number of fused-ring (bicyclic) bond motifs is 1. The molecule has 3 rings (SSSR count). The minimum absolute atomic E-state index is 0.0387. The van der Waals surface area contributed by atoms with Crippen molar-refractivity contribution in [1.29, 1.82) is 0 Å². The minimum atomic E-state index is -1.65. The number of nitrogens with zero attached hydrogens (tertiary/aromatic N) is 3. The quantitative estimate of drug-likeness (QED) is 0.598. The van der Waals surface area contributed by atoms with Crippen LogP contribution in [0.25, 0.3) is 0 Å². The van der Waals surface area contributed by atoms with Gasteiger partial charge in [0.25, 0.3) is 11.2 Å². The van der Waals surface area contributed by atoms with E-state index in [1.165, 1.54) is 51.4 Å². The normalized spacial score (nSPS) is 26.2. The molecule has 3 atom stereocenters. The molecule has 0 saturated heterocycles. The first kappa shape index (κ1) is 19.8.